The Labute approximate surface area is 96.4 Å². The van der Waals surface area contributed by atoms with E-state index in [0.29, 0.717) is 6.54 Å². The van der Waals surface area contributed by atoms with Gasteiger partial charge in [-0.3, -0.25) is 0 Å². The van der Waals surface area contributed by atoms with Gasteiger partial charge >= 0.3 is 0 Å². The van der Waals surface area contributed by atoms with Crippen molar-refractivity contribution in [3.63, 3.8) is 0 Å². The summed E-state index contributed by atoms with van der Waals surface area (Å²) in [6.45, 7) is 2.30. The molecule has 0 aromatic heterocycles. The molecule has 0 aliphatic carbocycles. The summed E-state index contributed by atoms with van der Waals surface area (Å²) in [5, 5.41) is 12.9. The molecule has 0 aliphatic heterocycles. The first-order valence-corrected chi connectivity index (χ1v) is 5.42. The number of anilines is 1. The second kappa shape index (κ2) is 5.02. The molecule has 0 saturated carbocycles. The van der Waals surface area contributed by atoms with E-state index in [-0.39, 0.29) is 6.10 Å². The second-order valence-corrected chi connectivity index (χ2v) is 4.45. The van der Waals surface area contributed by atoms with Crippen LogP contribution in [0.15, 0.2) is 18.2 Å². The number of benzene rings is 1. The topological polar surface area (TPSA) is 32.3 Å². The van der Waals surface area contributed by atoms with E-state index in [2.05, 4.69) is 27.9 Å². The van der Waals surface area contributed by atoms with Gasteiger partial charge in [0.1, 0.15) is 0 Å². The monoisotopic (exact) mass is 311 g/mol. The number of aliphatic hydroxyl groups excluding tert-OH is 1. The van der Waals surface area contributed by atoms with Crippen molar-refractivity contribution in [1.29, 1.82) is 0 Å². The number of hydrogen-bond donors (Lipinski definition) is 2. The number of hydrogen-bond acceptors (Lipinski definition) is 2. The molecule has 4 heteroatoms. The number of aliphatic hydroxyl groups is 1. The Kier molecular flexibility index (Phi) is 4.28. The molecule has 1 aromatic carbocycles. The van der Waals surface area contributed by atoms with Crippen molar-refractivity contribution in [2.45, 2.75) is 13.0 Å². The first-order valence-electron chi connectivity index (χ1n) is 3.96. The highest BCUT2D eigenvalue weighted by Gasteiger charge is 2.01. The van der Waals surface area contributed by atoms with Crippen molar-refractivity contribution < 1.29 is 5.11 Å². The average molecular weight is 312 g/mol. The van der Waals surface area contributed by atoms with Gasteiger partial charge in [-0.2, -0.15) is 0 Å². The van der Waals surface area contributed by atoms with Crippen molar-refractivity contribution in [2.75, 3.05) is 11.9 Å². The van der Waals surface area contributed by atoms with Crippen LogP contribution in [0.2, 0.25) is 5.02 Å². The Morgan fingerprint density at radius 3 is 2.85 bits per heavy atom. The van der Waals surface area contributed by atoms with Gasteiger partial charge in [-0.1, -0.05) is 11.6 Å². The fourth-order valence-corrected chi connectivity index (χ4v) is 1.95. The number of rotatable bonds is 3. The third-order valence-electron chi connectivity index (χ3n) is 1.52. The minimum atomic E-state index is -0.341. The maximum atomic E-state index is 9.07. The van der Waals surface area contributed by atoms with Gasteiger partial charge in [-0.05, 0) is 47.7 Å². The van der Waals surface area contributed by atoms with Crippen molar-refractivity contribution in [1.82, 2.24) is 0 Å². The second-order valence-electron chi connectivity index (χ2n) is 2.85. The van der Waals surface area contributed by atoms with Crippen LogP contribution in [0.4, 0.5) is 5.69 Å². The zero-order chi connectivity index (χ0) is 9.84. The molecular weight excluding hydrogens is 300 g/mol. The standard InChI is InChI=1S/C9H11ClINO/c1-6(13)5-12-9-3-2-7(10)4-8(9)11/h2-4,6,12-13H,5H2,1H3. The Bertz CT molecular complexity index is 291. The van der Waals surface area contributed by atoms with Crippen LogP contribution >= 0.6 is 34.2 Å². The largest absolute Gasteiger partial charge is 0.392 e. The summed E-state index contributed by atoms with van der Waals surface area (Å²) in [6, 6.07) is 5.62. The van der Waals surface area contributed by atoms with Crippen LogP contribution in [0.3, 0.4) is 0 Å². The third kappa shape index (κ3) is 3.70. The van der Waals surface area contributed by atoms with E-state index in [1.54, 1.807) is 6.92 Å². The smallest absolute Gasteiger partial charge is 0.0684 e. The lowest BCUT2D eigenvalue weighted by molar-refractivity contribution is 0.208. The molecule has 2 nitrogen and oxygen atoms in total. The molecule has 72 valence electrons. The molecule has 1 aromatic rings. The molecule has 0 aliphatic rings. The summed E-state index contributed by atoms with van der Waals surface area (Å²) in [5.41, 5.74) is 1.01. The van der Waals surface area contributed by atoms with Gasteiger partial charge < -0.3 is 10.4 Å². The number of halogens is 2. The Morgan fingerprint density at radius 2 is 2.31 bits per heavy atom. The van der Waals surface area contributed by atoms with Crippen LogP contribution in [0.5, 0.6) is 0 Å². The van der Waals surface area contributed by atoms with E-state index in [1.807, 2.05) is 18.2 Å². The molecule has 0 saturated heterocycles. The summed E-state index contributed by atoms with van der Waals surface area (Å²) < 4.78 is 1.06. The lowest BCUT2D eigenvalue weighted by atomic mass is 10.3. The third-order valence-corrected chi connectivity index (χ3v) is 2.65. The maximum absolute atomic E-state index is 9.07. The molecule has 1 rings (SSSR count). The van der Waals surface area contributed by atoms with Gasteiger partial charge in [0.25, 0.3) is 0 Å². The molecular formula is C9H11ClINO. The molecule has 0 radical (unpaired) electrons. The maximum Gasteiger partial charge on any atom is 0.0684 e. The first-order chi connectivity index (χ1) is 6.09. The molecule has 0 heterocycles. The first kappa shape index (κ1) is 11.1. The predicted molar refractivity (Wildman–Crippen MR) is 64.3 cm³/mol. The molecule has 2 N–H and O–H groups in total. The van der Waals surface area contributed by atoms with E-state index < -0.39 is 0 Å². The highest BCUT2D eigenvalue weighted by Crippen LogP contribution is 2.21. The van der Waals surface area contributed by atoms with Crippen molar-refractivity contribution in [3.05, 3.63) is 26.8 Å². The van der Waals surface area contributed by atoms with E-state index >= 15 is 0 Å². The van der Waals surface area contributed by atoms with E-state index in [9.17, 15) is 0 Å². The molecule has 0 spiro atoms. The zero-order valence-corrected chi connectivity index (χ0v) is 10.1. The van der Waals surface area contributed by atoms with Gasteiger partial charge in [-0.15, -0.1) is 0 Å². The van der Waals surface area contributed by atoms with Crippen LogP contribution in [-0.4, -0.2) is 17.8 Å². The van der Waals surface area contributed by atoms with Gasteiger partial charge in [0.15, 0.2) is 0 Å². The van der Waals surface area contributed by atoms with Crippen LogP contribution in [0.1, 0.15) is 6.92 Å². The minimum absolute atomic E-state index is 0.341. The molecule has 1 unspecified atom stereocenters. The molecule has 0 amide bonds. The van der Waals surface area contributed by atoms with Crippen LogP contribution in [0, 0.1) is 3.57 Å². The van der Waals surface area contributed by atoms with E-state index in [4.69, 9.17) is 16.7 Å². The molecule has 13 heavy (non-hydrogen) atoms. The Balaban J connectivity index is 2.67. The van der Waals surface area contributed by atoms with Crippen molar-refractivity contribution in [2.24, 2.45) is 0 Å². The zero-order valence-electron chi connectivity index (χ0n) is 7.22. The van der Waals surface area contributed by atoms with Crippen molar-refractivity contribution in [3.8, 4) is 0 Å². The van der Waals surface area contributed by atoms with Gasteiger partial charge in [0.05, 0.1) is 6.10 Å². The summed E-state index contributed by atoms with van der Waals surface area (Å²) in [6.07, 6.45) is -0.341. The minimum Gasteiger partial charge on any atom is -0.392 e. The fourth-order valence-electron chi connectivity index (χ4n) is 0.891. The highest BCUT2D eigenvalue weighted by molar-refractivity contribution is 14.1. The fraction of sp³-hybridized carbons (Fsp3) is 0.333. The van der Waals surface area contributed by atoms with Crippen molar-refractivity contribution >= 4 is 39.9 Å². The summed E-state index contributed by atoms with van der Waals surface area (Å²) in [4.78, 5) is 0. The Hall–Kier alpha value is -0.000000000000000111. The molecule has 0 fully saturated rings. The van der Waals surface area contributed by atoms with Crippen LogP contribution in [0.25, 0.3) is 0 Å². The molecule has 1 atom stereocenters. The predicted octanol–water partition coefficient (Wildman–Crippen LogP) is 2.74. The van der Waals surface area contributed by atoms with Crippen LogP contribution < -0.4 is 5.32 Å². The lowest BCUT2D eigenvalue weighted by Gasteiger charge is -2.10. The van der Waals surface area contributed by atoms with Gasteiger partial charge in [-0.25, -0.2) is 0 Å². The summed E-state index contributed by atoms with van der Waals surface area (Å²) in [7, 11) is 0. The lowest BCUT2D eigenvalue weighted by Crippen LogP contribution is -2.15. The normalized spacial score (nSPS) is 12.6. The van der Waals surface area contributed by atoms with E-state index in [1.165, 1.54) is 0 Å². The van der Waals surface area contributed by atoms with Gasteiger partial charge in [0.2, 0.25) is 0 Å². The highest BCUT2D eigenvalue weighted by atomic mass is 127. The Morgan fingerprint density at radius 1 is 1.62 bits per heavy atom. The summed E-state index contributed by atoms with van der Waals surface area (Å²) in [5.74, 6) is 0. The average Bonchev–Trinajstić information content (AvgIpc) is 2.02. The quantitative estimate of drug-likeness (QED) is 0.841. The SMILES string of the molecule is CC(O)CNc1ccc(Cl)cc1I. The molecule has 0 bridgehead atoms. The number of nitrogens with one attached hydrogen (secondary N) is 1. The van der Waals surface area contributed by atoms with Crippen LogP contribution in [-0.2, 0) is 0 Å². The van der Waals surface area contributed by atoms with Gasteiger partial charge in [0, 0.05) is 20.8 Å². The summed E-state index contributed by atoms with van der Waals surface area (Å²) >= 11 is 8.00. The van der Waals surface area contributed by atoms with E-state index in [0.717, 1.165) is 14.3 Å².